The molecule has 0 spiro atoms. The van der Waals surface area contributed by atoms with Crippen LogP contribution in [0.2, 0.25) is 0 Å². The Morgan fingerprint density at radius 3 is 2.50 bits per heavy atom. The second-order valence-electron chi connectivity index (χ2n) is 3.29. The Morgan fingerprint density at radius 1 is 1.19 bits per heavy atom. The quantitative estimate of drug-likeness (QED) is 0.754. The summed E-state index contributed by atoms with van der Waals surface area (Å²) >= 11 is 0. The Morgan fingerprint density at radius 2 is 1.88 bits per heavy atom. The van der Waals surface area contributed by atoms with Crippen molar-refractivity contribution in [3.8, 4) is 0 Å². The lowest BCUT2D eigenvalue weighted by molar-refractivity contribution is 0.102. The first-order valence-corrected chi connectivity index (χ1v) is 4.73. The fraction of sp³-hybridized carbons (Fsp3) is 0.0909. The van der Waals surface area contributed by atoms with E-state index < -0.39 is 0 Å². The number of aryl methyl sites for hydroxylation is 1. The van der Waals surface area contributed by atoms with E-state index in [4.69, 9.17) is 5.73 Å². The lowest BCUT2D eigenvalue weighted by atomic mass is 10.1. The summed E-state index contributed by atoms with van der Waals surface area (Å²) in [6.45, 7) is 1.80. The highest BCUT2D eigenvalue weighted by molar-refractivity contribution is 6.10. The molecule has 0 fully saturated rings. The molecule has 0 saturated carbocycles. The number of nitrogens with zero attached hydrogens (tertiary/aromatic N) is 3. The van der Waals surface area contributed by atoms with E-state index in [1.54, 1.807) is 25.3 Å². The van der Waals surface area contributed by atoms with Crippen LogP contribution in [0.5, 0.6) is 0 Å². The molecule has 0 aliphatic rings. The van der Waals surface area contributed by atoms with Crippen LogP contribution in [-0.2, 0) is 0 Å². The first kappa shape index (κ1) is 10.2. The standard InChI is InChI=1S/C11H10N4O/c1-7-3-6-13-10(12)8(7)9(16)11-14-4-2-5-15-11/h2-6H,1H3,(H2,12,13). The number of pyridine rings is 1. The van der Waals surface area contributed by atoms with Crippen LogP contribution < -0.4 is 5.73 Å². The summed E-state index contributed by atoms with van der Waals surface area (Å²) in [6.07, 6.45) is 4.59. The van der Waals surface area contributed by atoms with Gasteiger partial charge < -0.3 is 5.73 Å². The van der Waals surface area contributed by atoms with Gasteiger partial charge in [-0.05, 0) is 24.6 Å². The molecule has 2 aromatic heterocycles. The van der Waals surface area contributed by atoms with Crippen molar-refractivity contribution < 1.29 is 4.79 Å². The molecule has 0 amide bonds. The molecule has 2 aromatic rings. The minimum atomic E-state index is -0.302. The Labute approximate surface area is 92.4 Å². The predicted molar refractivity (Wildman–Crippen MR) is 58.9 cm³/mol. The van der Waals surface area contributed by atoms with Gasteiger partial charge in [-0.25, -0.2) is 15.0 Å². The van der Waals surface area contributed by atoms with E-state index in [1.807, 2.05) is 0 Å². The average Bonchev–Trinajstić information content (AvgIpc) is 2.30. The fourth-order valence-electron chi connectivity index (χ4n) is 1.40. The zero-order chi connectivity index (χ0) is 11.5. The van der Waals surface area contributed by atoms with Gasteiger partial charge in [0, 0.05) is 18.6 Å². The Kier molecular flexibility index (Phi) is 2.59. The van der Waals surface area contributed by atoms with Crippen molar-refractivity contribution in [1.82, 2.24) is 15.0 Å². The third-order valence-electron chi connectivity index (χ3n) is 2.18. The van der Waals surface area contributed by atoms with Crippen LogP contribution in [0.4, 0.5) is 5.82 Å². The van der Waals surface area contributed by atoms with E-state index in [0.29, 0.717) is 5.56 Å². The average molecular weight is 214 g/mol. The number of hydrogen-bond donors (Lipinski definition) is 1. The van der Waals surface area contributed by atoms with Gasteiger partial charge in [0.15, 0.2) is 0 Å². The molecule has 0 unspecified atom stereocenters. The Bertz CT molecular complexity index is 505. The van der Waals surface area contributed by atoms with Crippen molar-refractivity contribution >= 4 is 11.6 Å². The second-order valence-corrected chi connectivity index (χ2v) is 3.29. The summed E-state index contributed by atoms with van der Waals surface area (Å²) in [5.74, 6) is 0.0338. The molecule has 0 bridgehead atoms. The molecule has 2 rings (SSSR count). The third kappa shape index (κ3) is 1.75. The lowest BCUT2D eigenvalue weighted by Crippen LogP contribution is -2.12. The first-order chi connectivity index (χ1) is 7.70. The number of aromatic nitrogens is 3. The number of carbonyl (C=O) groups excluding carboxylic acids is 1. The highest BCUT2D eigenvalue weighted by Gasteiger charge is 2.17. The van der Waals surface area contributed by atoms with Crippen LogP contribution in [0.15, 0.2) is 30.7 Å². The molecular formula is C11H10N4O. The van der Waals surface area contributed by atoms with Gasteiger partial charge in [-0.15, -0.1) is 0 Å². The topological polar surface area (TPSA) is 81.8 Å². The highest BCUT2D eigenvalue weighted by Crippen LogP contribution is 2.16. The van der Waals surface area contributed by atoms with Gasteiger partial charge in [-0.3, -0.25) is 4.79 Å². The molecule has 0 atom stereocenters. The van der Waals surface area contributed by atoms with E-state index in [1.165, 1.54) is 12.4 Å². The van der Waals surface area contributed by atoms with Crippen LogP contribution in [0.1, 0.15) is 21.7 Å². The van der Waals surface area contributed by atoms with Gasteiger partial charge in [-0.2, -0.15) is 0 Å². The third-order valence-corrected chi connectivity index (χ3v) is 2.18. The SMILES string of the molecule is Cc1ccnc(N)c1C(=O)c1ncccn1. The van der Waals surface area contributed by atoms with Gasteiger partial charge in [0.25, 0.3) is 0 Å². The smallest absolute Gasteiger partial charge is 0.234 e. The normalized spacial score (nSPS) is 10.1. The minimum absolute atomic E-state index is 0.130. The molecule has 5 heteroatoms. The van der Waals surface area contributed by atoms with Gasteiger partial charge in [-0.1, -0.05) is 0 Å². The Hall–Kier alpha value is -2.30. The number of nitrogen functional groups attached to an aromatic ring is 1. The predicted octanol–water partition coefficient (Wildman–Crippen LogP) is 0.993. The number of carbonyl (C=O) groups is 1. The van der Waals surface area contributed by atoms with Crippen LogP contribution in [0, 0.1) is 6.92 Å². The van der Waals surface area contributed by atoms with Crippen LogP contribution in [0.3, 0.4) is 0 Å². The number of ketones is 1. The monoisotopic (exact) mass is 214 g/mol. The van der Waals surface area contributed by atoms with Crippen LogP contribution in [0.25, 0.3) is 0 Å². The van der Waals surface area contributed by atoms with Crippen molar-refractivity contribution in [2.24, 2.45) is 0 Å². The zero-order valence-corrected chi connectivity index (χ0v) is 8.71. The van der Waals surface area contributed by atoms with E-state index in [9.17, 15) is 4.79 Å². The summed E-state index contributed by atoms with van der Waals surface area (Å²) < 4.78 is 0. The molecule has 0 saturated heterocycles. The molecule has 80 valence electrons. The molecule has 0 aliphatic carbocycles. The van der Waals surface area contributed by atoms with Crippen LogP contribution in [-0.4, -0.2) is 20.7 Å². The number of hydrogen-bond acceptors (Lipinski definition) is 5. The molecular weight excluding hydrogens is 204 g/mol. The summed E-state index contributed by atoms with van der Waals surface area (Å²) in [5.41, 5.74) is 6.81. The molecule has 2 heterocycles. The first-order valence-electron chi connectivity index (χ1n) is 4.73. The van der Waals surface area contributed by atoms with E-state index in [2.05, 4.69) is 15.0 Å². The van der Waals surface area contributed by atoms with E-state index >= 15 is 0 Å². The van der Waals surface area contributed by atoms with Crippen molar-refractivity contribution in [1.29, 1.82) is 0 Å². The highest BCUT2D eigenvalue weighted by atomic mass is 16.1. The van der Waals surface area contributed by atoms with E-state index in [0.717, 1.165) is 5.56 Å². The summed E-state index contributed by atoms with van der Waals surface area (Å²) in [6, 6.07) is 3.38. The lowest BCUT2D eigenvalue weighted by Gasteiger charge is -2.05. The Balaban J connectivity index is 2.50. The van der Waals surface area contributed by atoms with Crippen molar-refractivity contribution in [3.05, 3.63) is 47.7 Å². The summed E-state index contributed by atoms with van der Waals surface area (Å²) in [7, 11) is 0. The maximum absolute atomic E-state index is 12.0. The maximum atomic E-state index is 12.0. The van der Waals surface area contributed by atoms with Crippen molar-refractivity contribution in [2.75, 3.05) is 5.73 Å². The zero-order valence-electron chi connectivity index (χ0n) is 8.71. The van der Waals surface area contributed by atoms with Gasteiger partial charge in [0.1, 0.15) is 5.82 Å². The van der Waals surface area contributed by atoms with Gasteiger partial charge in [0.2, 0.25) is 11.6 Å². The number of anilines is 1. The summed E-state index contributed by atoms with van der Waals surface area (Å²) in [4.78, 5) is 23.7. The van der Waals surface area contributed by atoms with Crippen LogP contribution >= 0.6 is 0 Å². The van der Waals surface area contributed by atoms with Crippen molar-refractivity contribution in [2.45, 2.75) is 6.92 Å². The second kappa shape index (κ2) is 4.06. The largest absolute Gasteiger partial charge is 0.383 e. The molecule has 0 radical (unpaired) electrons. The fourth-order valence-corrected chi connectivity index (χ4v) is 1.40. The molecule has 0 aliphatic heterocycles. The minimum Gasteiger partial charge on any atom is -0.383 e. The molecule has 16 heavy (non-hydrogen) atoms. The molecule has 2 N–H and O–H groups in total. The van der Waals surface area contributed by atoms with Gasteiger partial charge >= 0.3 is 0 Å². The molecule has 0 aromatic carbocycles. The molecule has 5 nitrogen and oxygen atoms in total. The summed E-state index contributed by atoms with van der Waals surface area (Å²) in [5, 5.41) is 0. The number of nitrogens with two attached hydrogens (primary N) is 1. The maximum Gasteiger partial charge on any atom is 0.234 e. The van der Waals surface area contributed by atoms with Gasteiger partial charge in [0.05, 0.1) is 5.56 Å². The number of rotatable bonds is 2. The van der Waals surface area contributed by atoms with E-state index in [-0.39, 0.29) is 17.4 Å². The van der Waals surface area contributed by atoms with Crippen molar-refractivity contribution in [3.63, 3.8) is 0 Å².